The average Bonchev–Trinajstić information content (AvgIpc) is 2.74. The first-order valence-corrected chi connectivity index (χ1v) is 9.59. The minimum atomic E-state index is -0.0391. The van der Waals surface area contributed by atoms with Crippen molar-refractivity contribution in [1.82, 2.24) is 15.3 Å². The number of carbonyl (C=O) groups excluding carboxylic acids is 2. The van der Waals surface area contributed by atoms with Crippen molar-refractivity contribution < 1.29 is 9.59 Å². The topological polar surface area (TPSA) is 75.2 Å². The van der Waals surface area contributed by atoms with Gasteiger partial charge >= 0.3 is 0 Å². The molecular formula is C23H22N4O2. The molecule has 146 valence electrons. The van der Waals surface area contributed by atoms with Gasteiger partial charge in [-0.25, -0.2) is 9.97 Å². The summed E-state index contributed by atoms with van der Waals surface area (Å²) in [5.41, 5.74) is 5.07. The normalized spacial score (nSPS) is 13.9. The van der Waals surface area contributed by atoms with Crippen molar-refractivity contribution in [3.63, 3.8) is 0 Å². The fraction of sp³-hybridized carbons (Fsp3) is 0.217. The summed E-state index contributed by atoms with van der Waals surface area (Å²) < 4.78 is 0. The van der Waals surface area contributed by atoms with Gasteiger partial charge in [-0.2, -0.15) is 0 Å². The van der Waals surface area contributed by atoms with Gasteiger partial charge in [-0.3, -0.25) is 9.59 Å². The smallest absolute Gasteiger partial charge is 0.239 e. The average molecular weight is 386 g/mol. The van der Waals surface area contributed by atoms with E-state index in [9.17, 15) is 9.59 Å². The Labute approximate surface area is 169 Å². The number of hydrogen-bond acceptors (Lipinski definition) is 5. The van der Waals surface area contributed by atoms with Crippen LogP contribution in [0.25, 0.3) is 22.4 Å². The highest BCUT2D eigenvalue weighted by Crippen LogP contribution is 2.33. The lowest BCUT2D eigenvalue weighted by molar-refractivity contribution is -0.120. The van der Waals surface area contributed by atoms with Gasteiger partial charge in [0.25, 0.3) is 0 Å². The molecule has 0 spiro atoms. The van der Waals surface area contributed by atoms with Crippen LogP contribution < -0.4 is 10.2 Å². The molecule has 1 amide bonds. The number of rotatable bonds is 4. The minimum Gasteiger partial charge on any atom is -0.353 e. The second-order valence-corrected chi connectivity index (χ2v) is 7.17. The number of amides is 1. The van der Waals surface area contributed by atoms with Crippen LogP contribution in [0, 0.1) is 6.92 Å². The Morgan fingerprint density at radius 3 is 2.55 bits per heavy atom. The van der Waals surface area contributed by atoms with Crippen molar-refractivity contribution in [2.24, 2.45) is 0 Å². The number of aryl methyl sites for hydroxylation is 1. The van der Waals surface area contributed by atoms with Crippen molar-refractivity contribution >= 4 is 17.6 Å². The monoisotopic (exact) mass is 386 g/mol. The molecule has 0 atom stereocenters. The predicted octanol–water partition coefficient (Wildman–Crippen LogP) is 3.26. The summed E-state index contributed by atoms with van der Waals surface area (Å²) in [6.45, 7) is 5.05. The van der Waals surface area contributed by atoms with E-state index in [-0.39, 0.29) is 18.2 Å². The number of aromatic nitrogens is 2. The Morgan fingerprint density at radius 1 is 1.07 bits per heavy atom. The van der Waals surface area contributed by atoms with E-state index in [1.807, 2.05) is 60.4 Å². The Balaban J connectivity index is 1.88. The number of ketones is 1. The van der Waals surface area contributed by atoms with Crippen LogP contribution in [0.4, 0.5) is 5.95 Å². The van der Waals surface area contributed by atoms with Crippen molar-refractivity contribution in [2.45, 2.75) is 13.8 Å². The molecule has 29 heavy (non-hydrogen) atoms. The third kappa shape index (κ3) is 3.87. The van der Waals surface area contributed by atoms with Crippen LogP contribution in [0.5, 0.6) is 0 Å². The Kier molecular flexibility index (Phi) is 5.08. The third-order valence-corrected chi connectivity index (χ3v) is 5.02. The molecule has 1 saturated heterocycles. The molecule has 0 unspecified atom stereocenters. The van der Waals surface area contributed by atoms with E-state index in [1.54, 1.807) is 13.1 Å². The number of nitrogens with one attached hydrogen (secondary N) is 1. The van der Waals surface area contributed by atoms with Crippen LogP contribution in [-0.2, 0) is 4.79 Å². The zero-order chi connectivity index (χ0) is 20.4. The van der Waals surface area contributed by atoms with Crippen molar-refractivity contribution in [3.05, 3.63) is 65.9 Å². The summed E-state index contributed by atoms with van der Waals surface area (Å²) >= 11 is 0. The number of benzene rings is 2. The summed E-state index contributed by atoms with van der Waals surface area (Å²) in [5, 5.41) is 2.82. The number of anilines is 1. The SMILES string of the molecule is CC(=O)c1ccccc1-c1cnc(N2CCNC(=O)C2)nc1-c1ccc(C)cc1. The molecule has 6 heteroatoms. The number of piperazine rings is 1. The van der Waals surface area contributed by atoms with Crippen molar-refractivity contribution in [2.75, 3.05) is 24.5 Å². The van der Waals surface area contributed by atoms with Crippen molar-refractivity contribution in [1.29, 1.82) is 0 Å². The van der Waals surface area contributed by atoms with Gasteiger partial charge in [0.2, 0.25) is 11.9 Å². The molecule has 1 aliphatic rings. The van der Waals surface area contributed by atoms with Crippen LogP contribution in [-0.4, -0.2) is 41.3 Å². The quantitative estimate of drug-likeness (QED) is 0.697. The van der Waals surface area contributed by atoms with Crippen molar-refractivity contribution in [3.8, 4) is 22.4 Å². The van der Waals surface area contributed by atoms with Gasteiger partial charge in [0.05, 0.1) is 12.2 Å². The molecule has 1 aliphatic heterocycles. The number of Topliss-reactive ketones (excluding diaryl/α,β-unsaturated/α-hetero) is 1. The molecule has 1 aromatic heterocycles. The van der Waals surface area contributed by atoms with Gasteiger partial charge < -0.3 is 10.2 Å². The van der Waals surface area contributed by atoms with Crippen LogP contribution in [0.2, 0.25) is 0 Å². The predicted molar refractivity (Wildman–Crippen MR) is 113 cm³/mol. The molecule has 6 nitrogen and oxygen atoms in total. The first-order valence-electron chi connectivity index (χ1n) is 9.59. The third-order valence-electron chi connectivity index (χ3n) is 5.02. The Bertz CT molecular complexity index is 1080. The van der Waals surface area contributed by atoms with E-state index in [4.69, 9.17) is 4.98 Å². The summed E-state index contributed by atoms with van der Waals surface area (Å²) in [7, 11) is 0. The first kappa shape index (κ1) is 18.8. The summed E-state index contributed by atoms with van der Waals surface area (Å²) in [5.74, 6) is 0.467. The summed E-state index contributed by atoms with van der Waals surface area (Å²) in [4.78, 5) is 35.2. The number of nitrogens with zero attached hydrogens (tertiary/aromatic N) is 3. The van der Waals surface area contributed by atoms with Gasteiger partial charge in [-0.05, 0) is 19.4 Å². The molecule has 0 bridgehead atoms. The lowest BCUT2D eigenvalue weighted by Gasteiger charge is -2.27. The van der Waals surface area contributed by atoms with Gasteiger partial charge in [0.15, 0.2) is 5.78 Å². The second kappa shape index (κ2) is 7.83. The van der Waals surface area contributed by atoms with Gasteiger partial charge in [-0.15, -0.1) is 0 Å². The number of hydrogen-bond donors (Lipinski definition) is 1. The van der Waals surface area contributed by atoms with E-state index >= 15 is 0 Å². The van der Waals surface area contributed by atoms with Gasteiger partial charge in [0.1, 0.15) is 0 Å². The maximum atomic E-state index is 12.2. The maximum Gasteiger partial charge on any atom is 0.239 e. The van der Waals surface area contributed by atoms with E-state index in [2.05, 4.69) is 10.3 Å². The first-order chi connectivity index (χ1) is 14.0. The van der Waals surface area contributed by atoms with Crippen LogP contribution in [0.3, 0.4) is 0 Å². The Hall–Kier alpha value is -3.54. The molecule has 3 aromatic rings. The zero-order valence-corrected chi connectivity index (χ0v) is 16.5. The zero-order valence-electron chi connectivity index (χ0n) is 16.5. The van der Waals surface area contributed by atoms with E-state index in [0.29, 0.717) is 24.6 Å². The van der Waals surface area contributed by atoms with Crippen LogP contribution in [0.1, 0.15) is 22.8 Å². The fourth-order valence-corrected chi connectivity index (χ4v) is 3.49. The highest BCUT2D eigenvalue weighted by atomic mass is 16.2. The van der Waals surface area contributed by atoms with Crippen LogP contribution >= 0.6 is 0 Å². The minimum absolute atomic E-state index is 0.00719. The lowest BCUT2D eigenvalue weighted by Crippen LogP contribution is -2.48. The molecule has 0 aliphatic carbocycles. The molecular weight excluding hydrogens is 364 g/mol. The standard InChI is InChI=1S/C23H22N4O2/c1-15-7-9-17(10-8-15)22-20(19-6-4-3-5-18(19)16(2)28)13-25-23(26-22)27-12-11-24-21(29)14-27/h3-10,13H,11-12,14H2,1-2H3,(H,24,29). The highest BCUT2D eigenvalue weighted by Gasteiger charge is 2.22. The van der Waals surface area contributed by atoms with E-state index < -0.39 is 0 Å². The molecule has 0 saturated carbocycles. The van der Waals surface area contributed by atoms with Crippen LogP contribution in [0.15, 0.2) is 54.7 Å². The van der Waals surface area contributed by atoms with Gasteiger partial charge in [0, 0.05) is 36.0 Å². The fourth-order valence-electron chi connectivity index (χ4n) is 3.49. The highest BCUT2D eigenvalue weighted by molar-refractivity contribution is 6.02. The number of carbonyl (C=O) groups is 2. The van der Waals surface area contributed by atoms with Gasteiger partial charge in [-0.1, -0.05) is 54.1 Å². The molecule has 1 fully saturated rings. The lowest BCUT2D eigenvalue weighted by atomic mass is 9.95. The molecule has 1 N–H and O–H groups in total. The largest absolute Gasteiger partial charge is 0.353 e. The van der Waals surface area contributed by atoms with E-state index in [0.717, 1.165) is 27.9 Å². The second-order valence-electron chi connectivity index (χ2n) is 7.17. The maximum absolute atomic E-state index is 12.2. The Morgan fingerprint density at radius 2 is 1.83 bits per heavy atom. The van der Waals surface area contributed by atoms with E-state index in [1.165, 1.54) is 0 Å². The molecule has 4 rings (SSSR count). The summed E-state index contributed by atoms with van der Waals surface area (Å²) in [6, 6.07) is 15.6. The molecule has 0 radical (unpaired) electrons. The summed E-state index contributed by atoms with van der Waals surface area (Å²) in [6.07, 6.45) is 1.76. The molecule has 2 heterocycles. The molecule has 2 aromatic carbocycles.